The molecule has 2 heterocycles. The summed E-state index contributed by atoms with van der Waals surface area (Å²) in [5.41, 5.74) is 6.86. The molecule has 0 spiro atoms. The zero-order valence-electron chi connectivity index (χ0n) is 8.91. The van der Waals surface area contributed by atoms with Crippen LogP contribution in [-0.2, 0) is 0 Å². The van der Waals surface area contributed by atoms with Crippen LogP contribution in [0.1, 0.15) is 12.0 Å². The summed E-state index contributed by atoms with van der Waals surface area (Å²) in [4.78, 5) is 6.77. The Morgan fingerprint density at radius 1 is 1.67 bits per heavy atom. The van der Waals surface area contributed by atoms with Gasteiger partial charge in [-0.2, -0.15) is 0 Å². The van der Waals surface area contributed by atoms with Gasteiger partial charge in [-0.25, -0.2) is 4.98 Å². The third-order valence-corrected chi connectivity index (χ3v) is 3.46. The third-order valence-electron chi connectivity index (χ3n) is 2.88. The molecule has 2 rings (SSSR count). The lowest BCUT2D eigenvalue weighted by molar-refractivity contribution is 0.602. The van der Waals surface area contributed by atoms with E-state index in [0.29, 0.717) is 5.92 Å². The summed E-state index contributed by atoms with van der Waals surface area (Å²) >= 11 is 3.56. The lowest BCUT2D eigenvalue weighted by Gasteiger charge is -2.18. The van der Waals surface area contributed by atoms with Crippen molar-refractivity contribution in [3.05, 3.63) is 22.3 Å². The van der Waals surface area contributed by atoms with Crippen molar-refractivity contribution in [3.8, 4) is 0 Å². The molecule has 1 aromatic heterocycles. The molecule has 0 radical (unpaired) electrons. The Balaban J connectivity index is 2.17. The van der Waals surface area contributed by atoms with E-state index < -0.39 is 0 Å². The molecule has 82 valence electrons. The fraction of sp³-hybridized carbons (Fsp3) is 0.545. The monoisotopic (exact) mass is 269 g/mol. The maximum atomic E-state index is 5.68. The molecule has 3 nitrogen and oxygen atoms in total. The van der Waals surface area contributed by atoms with Gasteiger partial charge in [0.2, 0.25) is 0 Å². The molecular weight excluding hydrogens is 254 g/mol. The van der Waals surface area contributed by atoms with Gasteiger partial charge in [0, 0.05) is 19.3 Å². The molecule has 1 aromatic rings. The Hall–Kier alpha value is -0.610. The molecule has 1 aliphatic rings. The van der Waals surface area contributed by atoms with Crippen LogP contribution in [0.3, 0.4) is 0 Å². The lowest BCUT2D eigenvalue weighted by Crippen LogP contribution is -2.23. The summed E-state index contributed by atoms with van der Waals surface area (Å²) in [7, 11) is 0. The second-order valence-corrected chi connectivity index (χ2v) is 5.01. The summed E-state index contributed by atoms with van der Waals surface area (Å²) in [5, 5.41) is 0. The van der Waals surface area contributed by atoms with Gasteiger partial charge in [0.1, 0.15) is 5.82 Å². The number of hydrogen-bond acceptors (Lipinski definition) is 3. The fourth-order valence-corrected chi connectivity index (χ4v) is 2.69. The summed E-state index contributed by atoms with van der Waals surface area (Å²) in [6, 6.07) is 2.11. The number of nitrogens with zero attached hydrogens (tertiary/aromatic N) is 2. The number of rotatable bonds is 2. The van der Waals surface area contributed by atoms with Crippen LogP contribution in [0.4, 0.5) is 5.82 Å². The van der Waals surface area contributed by atoms with Crippen molar-refractivity contribution in [1.82, 2.24) is 4.98 Å². The van der Waals surface area contributed by atoms with E-state index in [-0.39, 0.29) is 0 Å². The lowest BCUT2D eigenvalue weighted by atomic mass is 10.1. The molecule has 1 aliphatic heterocycles. The van der Waals surface area contributed by atoms with E-state index in [2.05, 4.69) is 31.9 Å². The Morgan fingerprint density at radius 3 is 3.07 bits per heavy atom. The highest BCUT2D eigenvalue weighted by Crippen LogP contribution is 2.28. The molecule has 1 unspecified atom stereocenters. The van der Waals surface area contributed by atoms with Gasteiger partial charge in [-0.05, 0) is 53.4 Å². The summed E-state index contributed by atoms with van der Waals surface area (Å²) in [6.07, 6.45) is 3.09. The number of aromatic nitrogens is 1. The Bertz CT molecular complexity index is 354. The van der Waals surface area contributed by atoms with Gasteiger partial charge in [-0.1, -0.05) is 0 Å². The molecule has 1 saturated heterocycles. The maximum Gasteiger partial charge on any atom is 0.142 e. The predicted octanol–water partition coefficient (Wildman–Crippen LogP) is 1.94. The van der Waals surface area contributed by atoms with Crippen LogP contribution in [-0.4, -0.2) is 24.6 Å². The molecule has 0 bridgehead atoms. The zero-order valence-corrected chi connectivity index (χ0v) is 10.5. The molecule has 0 aliphatic carbocycles. The van der Waals surface area contributed by atoms with Crippen molar-refractivity contribution in [2.45, 2.75) is 13.3 Å². The number of halogens is 1. The summed E-state index contributed by atoms with van der Waals surface area (Å²) < 4.78 is 1.08. The number of aryl methyl sites for hydroxylation is 1. The molecule has 0 saturated carbocycles. The molecule has 4 heteroatoms. The van der Waals surface area contributed by atoms with Crippen molar-refractivity contribution in [3.63, 3.8) is 0 Å². The molecule has 15 heavy (non-hydrogen) atoms. The van der Waals surface area contributed by atoms with Crippen LogP contribution in [0.2, 0.25) is 0 Å². The highest BCUT2D eigenvalue weighted by Gasteiger charge is 2.23. The highest BCUT2D eigenvalue weighted by molar-refractivity contribution is 9.10. The van der Waals surface area contributed by atoms with E-state index in [1.165, 1.54) is 12.0 Å². The normalized spacial score (nSPS) is 21.0. The predicted molar refractivity (Wildman–Crippen MR) is 66.0 cm³/mol. The third kappa shape index (κ3) is 2.32. The first-order valence-corrected chi connectivity index (χ1v) is 6.07. The van der Waals surface area contributed by atoms with Crippen LogP contribution in [0, 0.1) is 12.8 Å². The van der Waals surface area contributed by atoms with Crippen molar-refractivity contribution < 1.29 is 0 Å². The van der Waals surface area contributed by atoms with Crippen LogP contribution in [0.15, 0.2) is 16.7 Å². The average molecular weight is 270 g/mol. The van der Waals surface area contributed by atoms with Gasteiger partial charge in [0.15, 0.2) is 0 Å². The summed E-state index contributed by atoms with van der Waals surface area (Å²) in [6.45, 7) is 4.93. The van der Waals surface area contributed by atoms with E-state index in [0.717, 1.165) is 29.9 Å². The van der Waals surface area contributed by atoms with Gasteiger partial charge < -0.3 is 10.6 Å². The largest absolute Gasteiger partial charge is 0.355 e. The smallest absolute Gasteiger partial charge is 0.142 e. The van der Waals surface area contributed by atoms with Gasteiger partial charge >= 0.3 is 0 Å². The van der Waals surface area contributed by atoms with E-state index in [9.17, 15) is 0 Å². The first-order chi connectivity index (χ1) is 7.20. The van der Waals surface area contributed by atoms with Crippen LogP contribution >= 0.6 is 15.9 Å². The molecule has 2 N–H and O–H groups in total. The molecule has 0 amide bonds. The van der Waals surface area contributed by atoms with Crippen molar-refractivity contribution in [2.75, 3.05) is 24.5 Å². The fourth-order valence-electron chi connectivity index (χ4n) is 1.98. The van der Waals surface area contributed by atoms with E-state index in [1.807, 2.05) is 13.1 Å². The van der Waals surface area contributed by atoms with E-state index >= 15 is 0 Å². The minimum atomic E-state index is 0.625. The van der Waals surface area contributed by atoms with Gasteiger partial charge in [-0.3, -0.25) is 0 Å². The van der Waals surface area contributed by atoms with Gasteiger partial charge in [0.25, 0.3) is 0 Å². The SMILES string of the molecule is Cc1cnc(N2CCC(CN)C2)c(Br)c1. The molecular formula is C11H16BrN3. The standard InChI is InChI=1S/C11H16BrN3/c1-8-4-10(12)11(14-6-8)15-3-2-9(5-13)7-15/h4,6,9H,2-3,5,7,13H2,1H3. The van der Waals surface area contributed by atoms with Crippen molar-refractivity contribution in [2.24, 2.45) is 11.7 Å². The zero-order chi connectivity index (χ0) is 10.8. The topological polar surface area (TPSA) is 42.2 Å². The minimum absolute atomic E-state index is 0.625. The first-order valence-electron chi connectivity index (χ1n) is 5.28. The summed E-state index contributed by atoms with van der Waals surface area (Å²) in [5.74, 6) is 1.68. The molecule has 1 atom stereocenters. The van der Waals surface area contributed by atoms with Crippen LogP contribution in [0.25, 0.3) is 0 Å². The Morgan fingerprint density at radius 2 is 2.47 bits per heavy atom. The second-order valence-electron chi connectivity index (χ2n) is 4.15. The number of anilines is 1. The Kier molecular flexibility index (Phi) is 3.26. The van der Waals surface area contributed by atoms with Gasteiger partial charge in [0.05, 0.1) is 4.47 Å². The highest BCUT2D eigenvalue weighted by atomic mass is 79.9. The number of hydrogen-bond donors (Lipinski definition) is 1. The quantitative estimate of drug-likeness (QED) is 0.893. The second kappa shape index (κ2) is 4.49. The number of nitrogens with two attached hydrogens (primary N) is 1. The van der Waals surface area contributed by atoms with Crippen molar-refractivity contribution >= 4 is 21.7 Å². The van der Waals surface area contributed by atoms with Crippen LogP contribution in [0.5, 0.6) is 0 Å². The van der Waals surface area contributed by atoms with Crippen molar-refractivity contribution in [1.29, 1.82) is 0 Å². The van der Waals surface area contributed by atoms with E-state index in [1.54, 1.807) is 0 Å². The maximum absolute atomic E-state index is 5.68. The minimum Gasteiger partial charge on any atom is -0.355 e. The molecule has 1 fully saturated rings. The first kappa shape index (κ1) is 10.9. The molecule has 0 aromatic carbocycles. The number of pyridine rings is 1. The van der Waals surface area contributed by atoms with E-state index in [4.69, 9.17) is 5.73 Å². The van der Waals surface area contributed by atoms with Gasteiger partial charge in [-0.15, -0.1) is 0 Å². The Labute approximate surface area is 98.8 Å². The average Bonchev–Trinajstić information content (AvgIpc) is 2.66. The van der Waals surface area contributed by atoms with Crippen LogP contribution < -0.4 is 10.6 Å².